The third-order valence-electron chi connectivity index (χ3n) is 10.6. The normalized spacial score (nSPS) is 11.6. The van der Waals surface area contributed by atoms with E-state index >= 15 is 0 Å². The van der Waals surface area contributed by atoms with Crippen LogP contribution in [-0.4, -0.2) is 15.0 Å². The van der Waals surface area contributed by atoms with Crippen molar-refractivity contribution in [3.8, 4) is 67.5 Å². The Kier molecular flexibility index (Phi) is 7.64. The van der Waals surface area contributed by atoms with Gasteiger partial charge in [0.1, 0.15) is 11.2 Å². The molecule has 0 unspecified atom stereocenters. The van der Waals surface area contributed by atoms with Crippen molar-refractivity contribution in [3.63, 3.8) is 0 Å². The maximum absolute atomic E-state index is 6.49. The predicted octanol–water partition coefficient (Wildman–Crippen LogP) is 14.1. The third kappa shape index (κ3) is 5.74. The van der Waals surface area contributed by atoms with Crippen LogP contribution in [0.15, 0.2) is 192 Å². The first-order valence-corrected chi connectivity index (χ1v) is 19.5. The Hall–Kier alpha value is -7.21. The Morgan fingerprint density at radius 3 is 1.30 bits per heavy atom. The molecule has 0 N–H and O–H groups in total. The minimum Gasteiger partial charge on any atom is -0.456 e. The molecule has 11 aromatic rings. The van der Waals surface area contributed by atoms with Crippen LogP contribution >= 0.6 is 11.3 Å². The van der Waals surface area contributed by atoms with Crippen molar-refractivity contribution in [1.82, 2.24) is 15.0 Å². The highest BCUT2D eigenvalue weighted by molar-refractivity contribution is 7.25. The van der Waals surface area contributed by atoms with Crippen molar-refractivity contribution in [2.75, 3.05) is 0 Å². The van der Waals surface area contributed by atoms with E-state index in [-0.39, 0.29) is 0 Å². The summed E-state index contributed by atoms with van der Waals surface area (Å²) in [6.07, 6.45) is 0. The van der Waals surface area contributed by atoms with Crippen LogP contribution in [0, 0.1) is 0 Å². The SMILES string of the molecule is c1ccc(-c2ccc(-c3nc(-c4ccccc4)nc(-c4ccc5c(c4)oc4ccc(-c6ccc7sc8ccc(-c9ccccc9)cc8c7c6)cc45)n3)cc2)cc1. The molecule has 3 heterocycles. The molecule has 11 rings (SSSR count). The highest BCUT2D eigenvalue weighted by atomic mass is 32.1. The molecule has 0 fully saturated rings. The summed E-state index contributed by atoms with van der Waals surface area (Å²) < 4.78 is 9.08. The number of thiophene rings is 1. The van der Waals surface area contributed by atoms with E-state index in [0.29, 0.717) is 17.5 Å². The highest BCUT2D eigenvalue weighted by Crippen LogP contribution is 2.40. The van der Waals surface area contributed by atoms with Gasteiger partial charge in [0.2, 0.25) is 0 Å². The van der Waals surface area contributed by atoms with Crippen LogP contribution in [-0.2, 0) is 0 Å². The smallest absolute Gasteiger partial charge is 0.164 e. The second kappa shape index (κ2) is 13.3. The number of fused-ring (bicyclic) bond motifs is 6. The zero-order valence-corrected chi connectivity index (χ0v) is 30.9. The molecule has 56 heavy (non-hydrogen) atoms. The molecule has 4 nitrogen and oxygen atoms in total. The molecule has 5 heteroatoms. The molecule has 0 bridgehead atoms. The van der Waals surface area contributed by atoms with E-state index in [4.69, 9.17) is 19.4 Å². The molecule has 0 aliphatic carbocycles. The lowest BCUT2D eigenvalue weighted by molar-refractivity contribution is 0.669. The molecular formula is C51H31N3OS. The first-order valence-electron chi connectivity index (χ1n) is 18.7. The largest absolute Gasteiger partial charge is 0.456 e. The predicted molar refractivity (Wildman–Crippen MR) is 233 cm³/mol. The van der Waals surface area contributed by atoms with E-state index in [1.165, 1.54) is 42.4 Å². The van der Waals surface area contributed by atoms with E-state index in [2.05, 4.69) is 152 Å². The van der Waals surface area contributed by atoms with E-state index in [1.54, 1.807) is 0 Å². The fourth-order valence-corrected chi connectivity index (χ4v) is 8.72. The van der Waals surface area contributed by atoms with Gasteiger partial charge >= 0.3 is 0 Å². The van der Waals surface area contributed by atoms with Gasteiger partial charge in [-0.3, -0.25) is 0 Å². The quantitative estimate of drug-likeness (QED) is 0.171. The van der Waals surface area contributed by atoms with Gasteiger partial charge in [0.15, 0.2) is 17.5 Å². The number of nitrogens with zero attached hydrogens (tertiary/aromatic N) is 3. The fraction of sp³-hybridized carbons (Fsp3) is 0. The summed E-state index contributed by atoms with van der Waals surface area (Å²) in [5.74, 6) is 1.84. The van der Waals surface area contributed by atoms with Crippen LogP contribution in [0.3, 0.4) is 0 Å². The number of rotatable bonds is 6. The van der Waals surface area contributed by atoms with Gasteiger partial charge < -0.3 is 4.42 Å². The fourth-order valence-electron chi connectivity index (χ4n) is 7.66. The Bertz CT molecular complexity index is 3230. The van der Waals surface area contributed by atoms with Crippen LogP contribution in [0.4, 0.5) is 0 Å². The van der Waals surface area contributed by atoms with Crippen molar-refractivity contribution in [2.24, 2.45) is 0 Å². The number of aromatic nitrogens is 3. The zero-order valence-electron chi connectivity index (χ0n) is 30.1. The van der Waals surface area contributed by atoms with Crippen molar-refractivity contribution in [2.45, 2.75) is 0 Å². The summed E-state index contributed by atoms with van der Waals surface area (Å²) in [6.45, 7) is 0. The molecule has 0 saturated heterocycles. The first-order chi connectivity index (χ1) is 27.7. The molecule has 0 aliphatic rings. The third-order valence-corrected chi connectivity index (χ3v) is 11.7. The Balaban J connectivity index is 0.973. The molecule has 8 aromatic carbocycles. The van der Waals surface area contributed by atoms with Gasteiger partial charge in [-0.25, -0.2) is 15.0 Å². The van der Waals surface area contributed by atoms with Crippen LogP contribution in [0.25, 0.3) is 110 Å². The summed E-state index contributed by atoms with van der Waals surface area (Å²) in [7, 11) is 0. The van der Waals surface area contributed by atoms with Crippen molar-refractivity contribution in [3.05, 3.63) is 188 Å². The van der Waals surface area contributed by atoms with Gasteiger partial charge in [0, 0.05) is 47.6 Å². The van der Waals surface area contributed by atoms with Gasteiger partial charge in [-0.2, -0.15) is 0 Å². The molecule has 3 aromatic heterocycles. The van der Waals surface area contributed by atoms with Gasteiger partial charge in [-0.05, 0) is 81.9 Å². The van der Waals surface area contributed by atoms with Gasteiger partial charge in [0.25, 0.3) is 0 Å². The second-order valence-corrected chi connectivity index (χ2v) is 15.1. The van der Waals surface area contributed by atoms with Crippen molar-refractivity contribution < 1.29 is 4.42 Å². The average Bonchev–Trinajstić information content (AvgIpc) is 3.84. The molecule has 0 spiro atoms. The topological polar surface area (TPSA) is 51.8 Å². The lowest BCUT2D eigenvalue weighted by Gasteiger charge is -2.09. The molecule has 0 aliphatic heterocycles. The molecule has 262 valence electrons. The van der Waals surface area contributed by atoms with Crippen LogP contribution < -0.4 is 0 Å². The summed E-state index contributed by atoms with van der Waals surface area (Å²) in [5, 5.41) is 4.69. The lowest BCUT2D eigenvalue weighted by atomic mass is 9.99. The molecule has 0 saturated carbocycles. The van der Waals surface area contributed by atoms with Crippen LogP contribution in [0.5, 0.6) is 0 Å². The van der Waals surface area contributed by atoms with Crippen molar-refractivity contribution in [1.29, 1.82) is 0 Å². The minimum absolute atomic E-state index is 0.593. The number of furan rings is 1. The number of hydrogen-bond donors (Lipinski definition) is 0. The van der Waals surface area contributed by atoms with E-state index in [9.17, 15) is 0 Å². The number of hydrogen-bond acceptors (Lipinski definition) is 5. The Morgan fingerprint density at radius 2 is 0.696 bits per heavy atom. The van der Waals surface area contributed by atoms with E-state index < -0.39 is 0 Å². The zero-order chi connectivity index (χ0) is 37.0. The summed E-state index contributed by atoms with van der Waals surface area (Å²) in [4.78, 5) is 14.9. The Morgan fingerprint density at radius 1 is 0.286 bits per heavy atom. The number of benzene rings is 8. The monoisotopic (exact) mass is 733 g/mol. The minimum atomic E-state index is 0.593. The molecule has 0 radical (unpaired) electrons. The Labute approximate surface area is 327 Å². The second-order valence-electron chi connectivity index (χ2n) is 14.0. The highest BCUT2D eigenvalue weighted by Gasteiger charge is 2.16. The van der Waals surface area contributed by atoms with Gasteiger partial charge in [-0.15, -0.1) is 11.3 Å². The van der Waals surface area contributed by atoms with Crippen LogP contribution in [0.1, 0.15) is 0 Å². The standard InChI is InChI=1S/C51H31N3OS/c1-4-10-32(11-5-1)34-16-18-36(19-17-34)50-52-49(35-14-8-3-9-15-35)53-51(54-50)40-20-24-41-42-28-38(21-25-45(42)55-46(41)31-40)39-23-27-48-44(30-39)43-29-37(22-26-47(43)56-48)33-12-6-2-7-13-33/h1-31H. The lowest BCUT2D eigenvalue weighted by Crippen LogP contribution is -2.00. The molecule has 0 atom stereocenters. The average molecular weight is 734 g/mol. The maximum Gasteiger partial charge on any atom is 0.164 e. The van der Waals surface area contributed by atoms with Gasteiger partial charge in [-0.1, -0.05) is 140 Å². The summed E-state index contributed by atoms with van der Waals surface area (Å²) in [5.41, 5.74) is 11.5. The summed E-state index contributed by atoms with van der Waals surface area (Å²) >= 11 is 1.84. The molecular weight excluding hydrogens is 703 g/mol. The van der Waals surface area contributed by atoms with Gasteiger partial charge in [0.05, 0.1) is 0 Å². The van der Waals surface area contributed by atoms with Crippen LogP contribution in [0.2, 0.25) is 0 Å². The van der Waals surface area contributed by atoms with E-state index in [0.717, 1.165) is 49.8 Å². The molecule has 0 amide bonds. The maximum atomic E-state index is 6.49. The van der Waals surface area contributed by atoms with E-state index in [1.807, 2.05) is 47.7 Å². The first kappa shape index (κ1) is 32.2. The summed E-state index contributed by atoms with van der Waals surface area (Å²) in [6, 6.07) is 65.8. The van der Waals surface area contributed by atoms with Crippen molar-refractivity contribution >= 4 is 53.4 Å².